The number of halogens is 1. The first kappa shape index (κ1) is 17.1. The molecule has 0 spiro atoms. The van der Waals surface area contributed by atoms with Crippen molar-refractivity contribution in [2.24, 2.45) is 0 Å². The predicted octanol–water partition coefficient (Wildman–Crippen LogP) is 4.46. The molecule has 21 heavy (non-hydrogen) atoms. The van der Waals surface area contributed by atoms with Crippen molar-refractivity contribution in [1.29, 1.82) is 0 Å². The smallest absolute Gasteiger partial charge is 0.338 e. The van der Waals surface area contributed by atoms with E-state index < -0.39 is 0 Å². The molecule has 0 heterocycles. The average Bonchev–Trinajstić information content (AvgIpc) is 2.48. The normalized spacial score (nSPS) is 11.1. The van der Waals surface area contributed by atoms with Crippen LogP contribution in [-0.2, 0) is 4.74 Å². The van der Waals surface area contributed by atoms with Gasteiger partial charge in [-0.25, -0.2) is 4.79 Å². The van der Waals surface area contributed by atoms with E-state index in [2.05, 4.69) is 24.4 Å². The van der Waals surface area contributed by atoms with Gasteiger partial charge in [0.05, 0.1) is 12.2 Å². The summed E-state index contributed by atoms with van der Waals surface area (Å²) >= 11 is 0. The van der Waals surface area contributed by atoms with Crippen LogP contribution in [0.5, 0.6) is 0 Å². The summed E-state index contributed by atoms with van der Waals surface area (Å²) in [4.78, 5) is 11.7. The standard InChI is InChI=1S/C17H19NO2.ClH/c1-3-20-17(19)15-10-7-11-16(12-15)18-13(2)14-8-5-4-6-9-14;/h4-13,18H,3H2,1-2H3;1H/t13-;/m0./s1. The molecular weight excluding hydrogens is 286 g/mol. The van der Waals surface area contributed by atoms with Crippen LogP contribution in [0.4, 0.5) is 5.69 Å². The quantitative estimate of drug-likeness (QED) is 0.829. The summed E-state index contributed by atoms with van der Waals surface area (Å²) < 4.78 is 5.01. The molecule has 0 aromatic heterocycles. The van der Waals surface area contributed by atoms with Gasteiger partial charge in [-0.3, -0.25) is 0 Å². The Morgan fingerprint density at radius 3 is 2.52 bits per heavy atom. The predicted molar refractivity (Wildman–Crippen MR) is 88.1 cm³/mol. The van der Waals surface area contributed by atoms with Gasteiger partial charge in [0.25, 0.3) is 0 Å². The second-order valence-electron chi connectivity index (χ2n) is 4.58. The van der Waals surface area contributed by atoms with Crippen LogP contribution < -0.4 is 5.32 Å². The highest BCUT2D eigenvalue weighted by molar-refractivity contribution is 5.90. The van der Waals surface area contributed by atoms with Crippen molar-refractivity contribution in [3.63, 3.8) is 0 Å². The molecule has 3 nitrogen and oxygen atoms in total. The fourth-order valence-electron chi connectivity index (χ4n) is 2.03. The highest BCUT2D eigenvalue weighted by Crippen LogP contribution is 2.20. The van der Waals surface area contributed by atoms with E-state index in [9.17, 15) is 4.79 Å². The van der Waals surface area contributed by atoms with Gasteiger partial charge in [-0.05, 0) is 37.6 Å². The molecule has 0 aliphatic rings. The first-order valence-electron chi connectivity index (χ1n) is 6.79. The number of ether oxygens (including phenoxy) is 1. The lowest BCUT2D eigenvalue weighted by Crippen LogP contribution is -2.08. The Bertz CT molecular complexity index is 572. The summed E-state index contributed by atoms with van der Waals surface area (Å²) in [5.41, 5.74) is 2.68. The van der Waals surface area contributed by atoms with Crippen LogP contribution in [0.2, 0.25) is 0 Å². The summed E-state index contributed by atoms with van der Waals surface area (Å²) in [6, 6.07) is 17.7. The lowest BCUT2D eigenvalue weighted by Gasteiger charge is -2.16. The van der Waals surface area contributed by atoms with Crippen molar-refractivity contribution in [1.82, 2.24) is 0 Å². The van der Waals surface area contributed by atoms with Gasteiger partial charge >= 0.3 is 5.97 Å². The van der Waals surface area contributed by atoms with E-state index in [4.69, 9.17) is 4.74 Å². The second-order valence-corrected chi connectivity index (χ2v) is 4.58. The van der Waals surface area contributed by atoms with Crippen molar-refractivity contribution < 1.29 is 9.53 Å². The Balaban J connectivity index is 0.00000220. The van der Waals surface area contributed by atoms with E-state index in [-0.39, 0.29) is 24.4 Å². The maximum absolute atomic E-state index is 11.7. The highest BCUT2D eigenvalue weighted by Gasteiger charge is 2.09. The lowest BCUT2D eigenvalue weighted by atomic mass is 10.1. The monoisotopic (exact) mass is 305 g/mol. The number of nitrogens with one attached hydrogen (secondary N) is 1. The van der Waals surface area contributed by atoms with Crippen LogP contribution in [0.15, 0.2) is 54.6 Å². The Morgan fingerprint density at radius 1 is 1.14 bits per heavy atom. The highest BCUT2D eigenvalue weighted by atomic mass is 35.5. The number of rotatable bonds is 5. The SMILES string of the molecule is CCOC(=O)c1cccc(N[C@@H](C)c2ccccc2)c1.Cl. The van der Waals surface area contributed by atoms with Gasteiger partial charge in [0.2, 0.25) is 0 Å². The first-order chi connectivity index (χ1) is 9.70. The van der Waals surface area contributed by atoms with Gasteiger partial charge < -0.3 is 10.1 Å². The summed E-state index contributed by atoms with van der Waals surface area (Å²) in [6.07, 6.45) is 0. The summed E-state index contributed by atoms with van der Waals surface area (Å²) in [7, 11) is 0. The summed E-state index contributed by atoms with van der Waals surface area (Å²) in [6.45, 7) is 4.28. The van der Waals surface area contributed by atoms with Gasteiger partial charge in [-0.2, -0.15) is 0 Å². The fraction of sp³-hybridized carbons (Fsp3) is 0.235. The molecule has 2 aromatic rings. The Morgan fingerprint density at radius 2 is 1.86 bits per heavy atom. The molecule has 0 fully saturated rings. The Labute approximate surface area is 131 Å². The van der Waals surface area contributed by atoms with E-state index in [1.165, 1.54) is 5.56 Å². The average molecular weight is 306 g/mol. The van der Waals surface area contributed by atoms with Crippen molar-refractivity contribution in [3.05, 3.63) is 65.7 Å². The molecule has 0 unspecified atom stereocenters. The van der Waals surface area contributed by atoms with Crippen LogP contribution in [-0.4, -0.2) is 12.6 Å². The van der Waals surface area contributed by atoms with Crippen molar-refractivity contribution in [2.75, 3.05) is 11.9 Å². The molecule has 0 bridgehead atoms. The number of esters is 1. The van der Waals surface area contributed by atoms with Gasteiger partial charge in [0.1, 0.15) is 0 Å². The molecule has 0 aliphatic heterocycles. The van der Waals surface area contributed by atoms with Crippen molar-refractivity contribution in [3.8, 4) is 0 Å². The van der Waals surface area contributed by atoms with Crippen LogP contribution >= 0.6 is 12.4 Å². The number of carbonyl (C=O) groups is 1. The maximum atomic E-state index is 11.7. The zero-order chi connectivity index (χ0) is 14.4. The molecule has 112 valence electrons. The minimum absolute atomic E-state index is 0. The minimum atomic E-state index is -0.288. The zero-order valence-electron chi connectivity index (χ0n) is 12.2. The number of anilines is 1. The molecule has 0 amide bonds. The van der Waals surface area contributed by atoms with E-state index in [1.54, 1.807) is 13.0 Å². The summed E-state index contributed by atoms with van der Waals surface area (Å²) in [5, 5.41) is 3.39. The van der Waals surface area contributed by atoms with Gasteiger partial charge in [0, 0.05) is 11.7 Å². The molecule has 2 rings (SSSR count). The van der Waals surface area contributed by atoms with E-state index in [0.717, 1.165) is 5.69 Å². The number of benzene rings is 2. The third-order valence-corrected chi connectivity index (χ3v) is 3.06. The van der Waals surface area contributed by atoms with E-state index >= 15 is 0 Å². The third kappa shape index (κ3) is 4.80. The molecule has 0 radical (unpaired) electrons. The Hall–Kier alpha value is -2.00. The Kier molecular flexibility index (Phi) is 6.76. The lowest BCUT2D eigenvalue weighted by molar-refractivity contribution is 0.0526. The van der Waals surface area contributed by atoms with Crippen molar-refractivity contribution >= 4 is 24.1 Å². The van der Waals surface area contributed by atoms with Crippen LogP contribution in [0.25, 0.3) is 0 Å². The van der Waals surface area contributed by atoms with E-state index in [1.807, 2.05) is 36.4 Å². The minimum Gasteiger partial charge on any atom is -0.462 e. The molecule has 2 aromatic carbocycles. The molecule has 0 saturated carbocycles. The fourth-order valence-corrected chi connectivity index (χ4v) is 2.03. The second kappa shape index (κ2) is 8.32. The van der Waals surface area contributed by atoms with Crippen LogP contribution in [0.1, 0.15) is 35.8 Å². The molecular formula is C17H20ClNO2. The largest absolute Gasteiger partial charge is 0.462 e. The van der Waals surface area contributed by atoms with Crippen molar-refractivity contribution in [2.45, 2.75) is 19.9 Å². The van der Waals surface area contributed by atoms with Gasteiger partial charge in [0.15, 0.2) is 0 Å². The topological polar surface area (TPSA) is 38.3 Å². The van der Waals surface area contributed by atoms with Gasteiger partial charge in [-0.1, -0.05) is 36.4 Å². The molecule has 1 N–H and O–H groups in total. The number of carbonyl (C=O) groups excluding carboxylic acids is 1. The molecule has 0 aliphatic carbocycles. The maximum Gasteiger partial charge on any atom is 0.338 e. The van der Waals surface area contributed by atoms with E-state index in [0.29, 0.717) is 12.2 Å². The first-order valence-corrected chi connectivity index (χ1v) is 6.79. The van der Waals surface area contributed by atoms with Gasteiger partial charge in [-0.15, -0.1) is 12.4 Å². The molecule has 0 saturated heterocycles. The summed E-state index contributed by atoms with van der Waals surface area (Å²) in [5.74, 6) is -0.288. The molecule has 1 atom stereocenters. The third-order valence-electron chi connectivity index (χ3n) is 3.06. The number of hydrogen-bond acceptors (Lipinski definition) is 3. The number of hydrogen-bond donors (Lipinski definition) is 1. The molecule has 4 heteroatoms. The van der Waals surface area contributed by atoms with Crippen LogP contribution in [0.3, 0.4) is 0 Å². The zero-order valence-corrected chi connectivity index (χ0v) is 13.0. The van der Waals surface area contributed by atoms with Crippen LogP contribution in [0, 0.1) is 0 Å².